The van der Waals surface area contributed by atoms with Crippen molar-refractivity contribution in [2.45, 2.75) is 13.8 Å². The molecule has 1 fully saturated rings. The van der Waals surface area contributed by atoms with E-state index < -0.39 is 0 Å². The molecule has 0 spiro atoms. The first-order valence-corrected chi connectivity index (χ1v) is 11.8. The summed E-state index contributed by atoms with van der Waals surface area (Å²) in [6, 6.07) is 3.31. The molecule has 5 N–H and O–H groups in total. The van der Waals surface area contributed by atoms with E-state index in [1.807, 2.05) is 18.9 Å². The first-order chi connectivity index (χ1) is 16.2. The number of amides is 2. The molecule has 0 aliphatic carbocycles. The van der Waals surface area contributed by atoms with Crippen molar-refractivity contribution in [2.75, 3.05) is 51.0 Å². The van der Waals surface area contributed by atoms with Crippen molar-refractivity contribution in [3.8, 4) is 5.75 Å². The van der Waals surface area contributed by atoms with Crippen LogP contribution < -0.4 is 16.4 Å². The predicted molar refractivity (Wildman–Crippen MR) is 139 cm³/mol. The number of aryl methyl sites for hydroxylation is 1. The largest absolute Gasteiger partial charge is 0.508 e. The van der Waals surface area contributed by atoms with Gasteiger partial charge in [-0.25, -0.2) is 0 Å². The van der Waals surface area contributed by atoms with E-state index in [9.17, 15) is 14.7 Å². The molecule has 184 valence electrons. The van der Waals surface area contributed by atoms with Crippen molar-refractivity contribution in [3.05, 3.63) is 46.6 Å². The average molecular weight is 488 g/mol. The summed E-state index contributed by atoms with van der Waals surface area (Å²) in [5.74, 6) is 0.187. The van der Waals surface area contributed by atoms with Crippen molar-refractivity contribution < 1.29 is 14.7 Å². The first kappa shape index (κ1) is 26.9. The quantitative estimate of drug-likeness (QED) is 0.223. The Bertz CT molecular complexity index is 983. The van der Waals surface area contributed by atoms with Crippen LogP contribution in [0.3, 0.4) is 0 Å². The Balaban J connectivity index is 1.83. The van der Waals surface area contributed by atoms with E-state index in [0.717, 1.165) is 43.5 Å². The fraction of sp³-hybridized carbons (Fsp3) is 0.391. The lowest BCUT2D eigenvalue weighted by Crippen LogP contribution is -2.49. The zero-order valence-corrected chi connectivity index (χ0v) is 20.7. The second-order valence-corrected chi connectivity index (χ2v) is 8.77. The molecule has 11 heteroatoms. The minimum atomic E-state index is -0.386. The number of phenolic OH excluding ortho intramolecular Hbond substituents is 1. The molecule has 1 heterocycles. The number of likely N-dealkylation sites (N-methyl/N-ethyl adjacent to an activating group) is 1. The standard InChI is InChI=1S/C23H33N7O3S/c1-16-5-6-18(31)17(2)22(16)28-23(33)19(13-25-3)34-15-27-20(24)7-8-26-14-21(32)30-11-9-29(4)10-12-30/h5-8,13,26,31H,3,9-12,14-15H2,1-2,4H3,(H2,24,27)(H,28,33)/b8-7-,19-13-. The number of aliphatic imine (C=N–C) groups is 2. The molecule has 0 saturated carbocycles. The summed E-state index contributed by atoms with van der Waals surface area (Å²) >= 11 is 1.15. The Morgan fingerprint density at radius 3 is 2.65 bits per heavy atom. The van der Waals surface area contributed by atoms with Crippen LogP contribution in [0.15, 0.2) is 45.5 Å². The molecule has 0 bridgehead atoms. The predicted octanol–water partition coefficient (Wildman–Crippen LogP) is 1.41. The van der Waals surface area contributed by atoms with Gasteiger partial charge in [0, 0.05) is 44.1 Å². The van der Waals surface area contributed by atoms with Crippen LogP contribution in [-0.2, 0) is 9.59 Å². The number of hydrogen-bond acceptors (Lipinski definition) is 8. The van der Waals surface area contributed by atoms with E-state index in [1.165, 1.54) is 6.20 Å². The number of nitrogens with zero attached hydrogens (tertiary/aromatic N) is 4. The number of nitrogens with one attached hydrogen (secondary N) is 2. The smallest absolute Gasteiger partial charge is 0.263 e. The summed E-state index contributed by atoms with van der Waals surface area (Å²) in [5.41, 5.74) is 7.84. The molecule has 0 unspecified atom stereocenters. The summed E-state index contributed by atoms with van der Waals surface area (Å²) in [6.07, 6.45) is 4.49. The van der Waals surface area contributed by atoms with Crippen molar-refractivity contribution in [1.29, 1.82) is 0 Å². The third-order valence-corrected chi connectivity index (χ3v) is 6.12. The number of thioether (sulfide) groups is 1. The van der Waals surface area contributed by atoms with Crippen LogP contribution in [0, 0.1) is 13.8 Å². The maximum Gasteiger partial charge on any atom is 0.263 e. The average Bonchev–Trinajstić information content (AvgIpc) is 2.81. The lowest BCUT2D eigenvalue weighted by Gasteiger charge is -2.32. The number of carbonyl (C=O) groups is 2. The van der Waals surface area contributed by atoms with E-state index in [1.54, 1.807) is 31.3 Å². The van der Waals surface area contributed by atoms with Gasteiger partial charge in [0.1, 0.15) is 11.6 Å². The number of anilines is 1. The zero-order chi connectivity index (χ0) is 25.1. The van der Waals surface area contributed by atoms with Crippen LogP contribution in [0.1, 0.15) is 11.1 Å². The lowest BCUT2D eigenvalue weighted by molar-refractivity contribution is -0.131. The van der Waals surface area contributed by atoms with Gasteiger partial charge < -0.3 is 31.3 Å². The van der Waals surface area contributed by atoms with Crippen molar-refractivity contribution in [2.24, 2.45) is 15.7 Å². The normalized spacial score (nSPS) is 15.4. The maximum absolute atomic E-state index is 12.7. The number of amidine groups is 1. The van der Waals surface area contributed by atoms with Gasteiger partial charge in [0.2, 0.25) is 5.91 Å². The molecule has 0 atom stereocenters. The molecule has 1 aliphatic heterocycles. The molecule has 0 aromatic heterocycles. The minimum absolute atomic E-state index is 0.0405. The summed E-state index contributed by atoms with van der Waals surface area (Å²) < 4.78 is 0. The fourth-order valence-electron chi connectivity index (χ4n) is 3.14. The molecule has 34 heavy (non-hydrogen) atoms. The maximum atomic E-state index is 12.7. The van der Waals surface area contributed by atoms with Gasteiger partial charge in [-0.2, -0.15) is 0 Å². The molecule has 0 radical (unpaired) electrons. The number of benzene rings is 1. The molecular formula is C23H33N7O3S. The third-order valence-electron chi connectivity index (χ3n) is 5.26. The number of piperazine rings is 1. The number of hydrogen-bond donors (Lipinski definition) is 4. The van der Waals surface area contributed by atoms with Gasteiger partial charge in [-0.15, -0.1) is 0 Å². The summed E-state index contributed by atoms with van der Waals surface area (Å²) in [5, 5.41) is 15.6. The van der Waals surface area contributed by atoms with Gasteiger partial charge in [0.05, 0.1) is 23.0 Å². The number of phenols is 1. The third kappa shape index (κ3) is 8.23. The Kier molecular flexibility index (Phi) is 10.6. The molecule has 2 rings (SSSR count). The number of aromatic hydroxyl groups is 1. The molecule has 1 aromatic carbocycles. The number of carbonyl (C=O) groups excluding carboxylic acids is 2. The molecular weight excluding hydrogens is 454 g/mol. The topological polar surface area (TPSA) is 136 Å². The van der Waals surface area contributed by atoms with Crippen LogP contribution in [-0.4, -0.2) is 84.9 Å². The van der Waals surface area contributed by atoms with Crippen LogP contribution in [0.25, 0.3) is 0 Å². The lowest BCUT2D eigenvalue weighted by atomic mass is 10.1. The number of rotatable bonds is 10. The first-order valence-electron chi connectivity index (χ1n) is 10.8. The summed E-state index contributed by atoms with van der Waals surface area (Å²) in [6.45, 7) is 10.4. The van der Waals surface area contributed by atoms with Gasteiger partial charge in [-0.05, 0) is 45.3 Å². The molecule has 1 saturated heterocycles. The fourth-order valence-corrected chi connectivity index (χ4v) is 3.82. The molecule has 1 aromatic rings. The van der Waals surface area contributed by atoms with Crippen LogP contribution in [0.5, 0.6) is 5.75 Å². The van der Waals surface area contributed by atoms with Crippen molar-refractivity contribution in [3.63, 3.8) is 0 Å². The van der Waals surface area contributed by atoms with E-state index in [-0.39, 0.29) is 35.8 Å². The highest BCUT2D eigenvalue weighted by Crippen LogP contribution is 2.29. The summed E-state index contributed by atoms with van der Waals surface area (Å²) in [7, 11) is 2.04. The van der Waals surface area contributed by atoms with Gasteiger partial charge >= 0.3 is 0 Å². The van der Waals surface area contributed by atoms with E-state index in [4.69, 9.17) is 5.73 Å². The van der Waals surface area contributed by atoms with Gasteiger partial charge in [0.15, 0.2) is 0 Å². The van der Waals surface area contributed by atoms with E-state index in [2.05, 4.69) is 32.2 Å². The monoisotopic (exact) mass is 487 g/mol. The Morgan fingerprint density at radius 1 is 1.26 bits per heavy atom. The van der Waals surface area contributed by atoms with Gasteiger partial charge in [-0.1, -0.05) is 17.8 Å². The highest BCUT2D eigenvalue weighted by molar-refractivity contribution is 8.04. The van der Waals surface area contributed by atoms with Crippen LogP contribution >= 0.6 is 11.8 Å². The second kappa shape index (κ2) is 13.4. The number of nitrogens with two attached hydrogens (primary N) is 1. The van der Waals surface area contributed by atoms with Crippen molar-refractivity contribution in [1.82, 2.24) is 15.1 Å². The van der Waals surface area contributed by atoms with Crippen LogP contribution in [0.2, 0.25) is 0 Å². The highest BCUT2D eigenvalue weighted by Gasteiger charge is 2.18. The second-order valence-electron chi connectivity index (χ2n) is 7.79. The van der Waals surface area contributed by atoms with Gasteiger partial charge in [0.25, 0.3) is 5.91 Å². The van der Waals surface area contributed by atoms with Crippen molar-refractivity contribution >= 4 is 41.8 Å². The SMILES string of the molecule is C=N/C=C(\SC/N=C(N)\C=C/NCC(=O)N1CCN(C)CC1)C(=O)Nc1c(C)ccc(O)c1C. The van der Waals surface area contributed by atoms with E-state index >= 15 is 0 Å². The van der Waals surface area contributed by atoms with Crippen LogP contribution in [0.4, 0.5) is 5.69 Å². The Morgan fingerprint density at radius 2 is 1.97 bits per heavy atom. The highest BCUT2D eigenvalue weighted by atomic mass is 32.2. The Hall–Kier alpha value is -3.31. The Labute approximate surface area is 204 Å². The zero-order valence-electron chi connectivity index (χ0n) is 19.9. The summed E-state index contributed by atoms with van der Waals surface area (Å²) in [4.78, 5) is 37.1. The molecule has 1 aliphatic rings. The van der Waals surface area contributed by atoms with E-state index in [0.29, 0.717) is 16.2 Å². The minimum Gasteiger partial charge on any atom is -0.508 e. The van der Waals surface area contributed by atoms with Gasteiger partial charge in [-0.3, -0.25) is 19.6 Å². The molecule has 10 nitrogen and oxygen atoms in total. The molecule has 2 amide bonds.